The second kappa shape index (κ2) is 4.62. The number of benzene rings is 1. The van der Waals surface area contributed by atoms with E-state index in [-0.39, 0.29) is 0 Å². The van der Waals surface area contributed by atoms with E-state index in [1.165, 1.54) is 6.33 Å². The van der Waals surface area contributed by atoms with Gasteiger partial charge in [0.05, 0.1) is 11.6 Å². The first-order chi connectivity index (χ1) is 8.83. The van der Waals surface area contributed by atoms with Crippen LogP contribution in [-0.4, -0.2) is 20.2 Å². The number of hydrogen-bond donors (Lipinski definition) is 2. The summed E-state index contributed by atoms with van der Waals surface area (Å²) in [5.74, 6) is 0.767. The molecule has 0 radical (unpaired) electrons. The minimum Gasteiger partial charge on any atom is -0.365 e. The highest BCUT2D eigenvalue weighted by molar-refractivity contribution is 6.30. The van der Waals surface area contributed by atoms with E-state index in [9.17, 15) is 0 Å². The summed E-state index contributed by atoms with van der Waals surface area (Å²) in [6.45, 7) is 0.675. The zero-order valence-electron chi connectivity index (χ0n) is 9.39. The minimum atomic E-state index is 0.675. The zero-order valence-corrected chi connectivity index (χ0v) is 10.1. The van der Waals surface area contributed by atoms with E-state index in [4.69, 9.17) is 11.6 Å². The van der Waals surface area contributed by atoms with Gasteiger partial charge in [-0.3, -0.25) is 5.10 Å². The van der Waals surface area contributed by atoms with Gasteiger partial charge in [-0.25, -0.2) is 9.97 Å². The summed E-state index contributed by atoms with van der Waals surface area (Å²) in [5, 5.41) is 11.6. The van der Waals surface area contributed by atoms with E-state index < -0.39 is 0 Å². The maximum atomic E-state index is 5.84. The Kier molecular flexibility index (Phi) is 2.82. The van der Waals surface area contributed by atoms with Crippen LogP contribution in [0, 0.1) is 0 Å². The summed E-state index contributed by atoms with van der Waals surface area (Å²) >= 11 is 5.84. The smallest absolute Gasteiger partial charge is 0.160 e. The van der Waals surface area contributed by atoms with Gasteiger partial charge in [-0.1, -0.05) is 23.7 Å². The first-order valence-electron chi connectivity index (χ1n) is 5.45. The Hall–Kier alpha value is -2.14. The molecule has 0 spiro atoms. The number of H-pyrrole nitrogens is 1. The summed E-state index contributed by atoms with van der Waals surface area (Å²) in [6, 6.07) is 7.68. The van der Waals surface area contributed by atoms with Crippen LogP contribution >= 0.6 is 11.6 Å². The molecule has 90 valence electrons. The average Bonchev–Trinajstić information content (AvgIpc) is 2.87. The summed E-state index contributed by atoms with van der Waals surface area (Å²) in [6.07, 6.45) is 3.21. The van der Waals surface area contributed by atoms with E-state index in [2.05, 4.69) is 25.5 Å². The van der Waals surface area contributed by atoms with E-state index >= 15 is 0 Å². The molecule has 0 saturated heterocycles. The summed E-state index contributed by atoms with van der Waals surface area (Å²) in [7, 11) is 0. The number of aromatic amines is 1. The number of hydrogen-bond acceptors (Lipinski definition) is 4. The van der Waals surface area contributed by atoms with Gasteiger partial charge < -0.3 is 5.32 Å². The highest BCUT2D eigenvalue weighted by atomic mass is 35.5. The summed E-state index contributed by atoms with van der Waals surface area (Å²) in [5.41, 5.74) is 1.86. The summed E-state index contributed by atoms with van der Waals surface area (Å²) in [4.78, 5) is 8.29. The molecule has 0 aliphatic heterocycles. The molecular formula is C12H10ClN5. The van der Waals surface area contributed by atoms with Gasteiger partial charge in [-0.15, -0.1) is 0 Å². The Bertz CT molecular complexity index is 662. The predicted octanol–water partition coefficient (Wildman–Crippen LogP) is 2.62. The quantitative estimate of drug-likeness (QED) is 0.759. The van der Waals surface area contributed by atoms with Gasteiger partial charge in [0.25, 0.3) is 0 Å². The predicted molar refractivity (Wildman–Crippen MR) is 70.5 cm³/mol. The number of anilines is 1. The molecule has 2 aromatic heterocycles. The number of halogens is 1. The Morgan fingerprint density at radius 1 is 1.17 bits per heavy atom. The molecule has 0 aliphatic rings. The SMILES string of the molecule is Clc1ccc(CNc2ncnc3[nH]ncc23)cc1. The van der Waals surface area contributed by atoms with Crippen LogP contribution in [0.1, 0.15) is 5.56 Å². The Morgan fingerprint density at radius 3 is 2.83 bits per heavy atom. The molecule has 3 rings (SSSR count). The van der Waals surface area contributed by atoms with Crippen molar-refractivity contribution >= 4 is 28.5 Å². The van der Waals surface area contributed by atoms with Crippen molar-refractivity contribution in [3.8, 4) is 0 Å². The van der Waals surface area contributed by atoms with Crippen LogP contribution in [0.25, 0.3) is 11.0 Å². The van der Waals surface area contributed by atoms with Crippen molar-refractivity contribution in [3.05, 3.63) is 47.4 Å². The van der Waals surface area contributed by atoms with Gasteiger partial charge in [-0.05, 0) is 17.7 Å². The third-order valence-corrected chi connectivity index (χ3v) is 2.87. The highest BCUT2D eigenvalue weighted by Crippen LogP contribution is 2.17. The van der Waals surface area contributed by atoms with Crippen molar-refractivity contribution in [2.24, 2.45) is 0 Å². The van der Waals surface area contributed by atoms with Gasteiger partial charge in [0.15, 0.2) is 5.65 Å². The molecule has 0 atom stereocenters. The average molecular weight is 260 g/mol. The molecule has 3 aromatic rings. The number of rotatable bonds is 3. The Labute approximate surface area is 108 Å². The molecule has 5 nitrogen and oxygen atoms in total. The maximum Gasteiger partial charge on any atom is 0.160 e. The third-order valence-electron chi connectivity index (χ3n) is 2.62. The largest absolute Gasteiger partial charge is 0.365 e. The van der Waals surface area contributed by atoms with Crippen LogP contribution in [0.5, 0.6) is 0 Å². The molecule has 18 heavy (non-hydrogen) atoms. The normalized spacial score (nSPS) is 10.7. The van der Waals surface area contributed by atoms with Crippen molar-refractivity contribution in [2.45, 2.75) is 6.54 Å². The molecule has 0 saturated carbocycles. The fourth-order valence-corrected chi connectivity index (χ4v) is 1.82. The lowest BCUT2D eigenvalue weighted by atomic mass is 10.2. The third kappa shape index (κ3) is 2.12. The van der Waals surface area contributed by atoms with E-state index in [1.807, 2.05) is 24.3 Å². The van der Waals surface area contributed by atoms with E-state index in [0.717, 1.165) is 27.4 Å². The highest BCUT2D eigenvalue weighted by Gasteiger charge is 2.04. The van der Waals surface area contributed by atoms with Gasteiger partial charge >= 0.3 is 0 Å². The molecule has 0 aliphatic carbocycles. The molecule has 2 heterocycles. The number of aromatic nitrogens is 4. The van der Waals surface area contributed by atoms with Crippen LogP contribution < -0.4 is 5.32 Å². The first-order valence-corrected chi connectivity index (χ1v) is 5.83. The van der Waals surface area contributed by atoms with Crippen LogP contribution in [0.15, 0.2) is 36.8 Å². The summed E-state index contributed by atoms with van der Waals surface area (Å²) < 4.78 is 0. The topological polar surface area (TPSA) is 66.5 Å². The van der Waals surface area contributed by atoms with Crippen molar-refractivity contribution in [1.29, 1.82) is 0 Å². The second-order valence-corrected chi connectivity index (χ2v) is 4.27. The standard InChI is InChI=1S/C12H10ClN5/c13-9-3-1-8(2-4-9)5-14-11-10-6-17-18-12(10)16-7-15-11/h1-4,6-7H,5H2,(H2,14,15,16,17,18). The zero-order chi connectivity index (χ0) is 12.4. The Morgan fingerprint density at radius 2 is 2.00 bits per heavy atom. The van der Waals surface area contributed by atoms with Crippen LogP contribution in [-0.2, 0) is 6.54 Å². The molecule has 0 bridgehead atoms. The second-order valence-electron chi connectivity index (χ2n) is 3.83. The molecule has 0 amide bonds. The number of nitrogens with one attached hydrogen (secondary N) is 2. The fraction of sp³-hybridized carbons (Fsp3) is 0.0833. The van der Waals surface area contributed by atoms with Gasteiger partial charge in [0.2, 0.25) is 0 Å². The van der Waals surface area contributed by atoms with Crippen molar-refractivity contribution < 1.29 is 0 Å². The molecule has 0 fully saturated rings. The van der Waals surface area contributed by atoms with Crippen molar-refractivity contribution in [1.82, 2.24) is 20.2 Å². The lowest BCUT2D eigenvalue weighted by Gasteiger charge is -2.06. The van der Waals surface area contributed by atoms with Crippen molar-refractivity contribution in [3.63, 3.8) is 0 Å². The Balaban J connectivity index is 1.80. The molecule has 6 heteroatoms. The molecular weight excluding hydrogens is 250 g/mol. The van der Waals surface area contributed by atoms with Gasteiger partial charge in [0.1, 0.15) is 12.1 Å². The van der Waals surface area contributed by atoms with Crippen molar-refractivity contribution in [2.75, 3.05) is 5.32 Å². The van der Waals surface area contributed by atoms with Crippen LogP contribution in [0.2, 0.25) is 5.02 Å². The van der Waals surface area contributed by atoms with Gasteiger partial charge in [0, 0.05) is 11.6 Å². The van der Waals surface area contributed by atoms with Crippen LogP contribution in [0.3, 0.4) is 0 Å². The molecule has 2 N–H and O–H groups in total. The molecule has 0 unspecified atom stereocenters. The van der Waals surface area contributed by atoms with E-state index in [0.29, 0.717) is 6.54 Å². The monoisotopic (exact) mass is 259 g/mol. The van der Waals surface area contributed by atoms with Gasteiger partial charge in [-0.2, -0.15) is 5.10 Å². The first kappa shape index (κ1) is 11.0. The lowest BCUT2D eigenvalue weighted by Crippen LogP contribution is -2.01. The minimum absolute atomic E-state index is 0.675. The van der Waals surface area contributed by atoms with E-state index in [1.54, 1.807) is 6.20 Å². The maximum absolute atomic E-state index is 5.84. The van der Waals surface area contributed by atoms with Crippen LogP contribution in [0.4, 0.5) is 5.82 Å². The number of fused-ring (bicyclic) bond motifs is 1. The fourth-order valence-electron chi connectivity index (χ4n) is 1.69. The molecule has 1 aromatic carbocycles. The number of nitrogens with zero attached hydrogens (tertiary/aromatic N) is 3. The lowest BCUT2D eigenvalue weighted by molar-refractivity contribution is 1.08.